The Balaban J connectivity index is 2.35. The molecule has 20 heavy (non-hydrogen) atoms. The monoisotopic (exact) mass is 316 g/mol. The van der Waals surface area contributed by atoms with Crippen LogP contribution >= 0.6 is 12.2 Å². The van der Waals surface area contributed by atoms with Crippen molar-refractivity contribution in [3.8, 4) is 0 Å². The van der Waals surface area contributed by atoms with Gasteiger partial charge in [0.1, 0.15) is 10.8 Å². The minimum atomic E-state index is -3.82. The van der Waals surface area contributed by atoms with Crippen LogP contribution in [-0.2, 0) is 10.0 Å². The number of nitrogens with two attached hydrogens (primary N) is 1. The molecule has 0 aromatic heterocycles. The van der Waals surface area contributed by atoms with Crippen LogP contribution in [0, 0.1) is 11.7 Å². The third kappa shape index (κ3) is 3.16. The number of halogens is 1. The molecule has 0 bridgehead atoms. The topological polar surface area (TPSA) is 72.2 Å². The standard InChI is InChI=1S/C13H17FN2O2S2/c1-8-5-6-9(7-8)16-20(17,18)11-4-2-3-10(14)12(11)13(15)19/h2-4,8-9,16H,5-7H2,1H3,(H2,15,19). The van der Waals surface area contributed by atoms with E-state index in [1.165, 1.54) is 12.1 Å². The zero-order chi connectivity index (χ0) is 14.9. The predicted octanol–water partition coefficient (Wildman–Crippen LogP) is 1.93. The number of rotatable bonds is 4. The van der Waals surface area contributed by atoms with Gasteiger partial charge >= 0.3 is 0 Å². The molecule has 1 aliphatic rings. The van der Waals surface area contributed by atoms with Crippen LogP contribution in [0.2, 0.25) is 0 Å². The maximum atomic E-state index is 13.7. The van der Waals surface area contributed by atoms with Gasteiger partial charge in [0.25, 0.3) is 0 Å². The minimum Gasteiger partial charge on any atom is -0.389 e. The molecule has 1 fully saturated rings. The summed E-state index contributed by atoms with van der Waals surface area (Å²) in [5, 5.41) is 0. The summed E-state index contributed by atoms with van der Waals surface area (Å²) in [5.41, 5.74) is 5.22. The Hall–Kier alpha value is -1.05. The average Bonchev–Trinajstić information content (AvgIpc) is 2.73. The minimum absolute atomic E-state index is 0.113. The third-order valence-corrected chi connectivity index (χ3v) is 5.29. The molecule has 2 atom stereocenters. The largest absolute Gasteiger partial charge is 0.389 e. The molecule has 0 saturated heterocycles. The fourth-order valence-corrected chi connectivity index (χ4v) is 4.35. The molecule has 0 amide bonds. The van der Waals surface area contributed by atoms with E-state index < -0.39 is 15.8 Å². The number of hydrogen-bond acceptors (Lipinski definition) is 3. The van der Waals surface area contributed by atoms with E-state index in [0.29, 0.717) is 5.92 Å². The van der Waals surface area contributed by atoms with Crippen LogP contribution in [-0.4, -0.2) is 19.4 Å². The van der Waals surface area contributed by atoms with Crippen molar-refractivity contribution in [1.82, 2.24) is 4.72 Å². The molecule has 0 aliphatic heterocycles. The van der Waals surface area contributed by atoms with Crippen LogP contribution in [0.3, 0.4) is 0 Å². The van der Waals surface area contributed by atoms with Crippen molar-refractivity contribution in [2.45, 2.75) is 37.1 Å². The highest BCUT2D eigenvalue weighted by atomic mass is 32.2. The van der Waals surface area contributed by atoms with Gasteiger partial charge in [-0.05, 0) is 37.3 Å². The first kappa shape index (κ1) is 15.3. The van der Waals surface area contributed by atoms with Crippen molar-refractivity contribution in [3.05, 3.63) is 29.6 Å². The van der Waals surface area contributed by atoms with Gasteiger partial charge in [-0.25, -0.2) is 17.5 Å². The predicted molar refractivity (Wildman–Crippen MR) is 79.4 cm³/mol. The van der Waals surface area contributed by atoms with E-state index >= 15 is 0 Å². The zero-order valence-corrected chi connectivity index (χ0v) is 12.7. The number of sulfonamides is 1. The first-order chi connectivity index (χ1) is 9.31. The van der Waals surface area contributed by atoms with E-state index in [4.69, 9.17) is 18.0 Å². The molecule has 2 rings (SSSR count). The van der Waals surface area contributed by atoms with Crippen molar-refractivity contribution in [2.24, 2.45) is 11.7 Å². The molecular weight excluding hydrogens is 299 g/mol. The lowest BCUT2D eigenvalue weighted by atomic mass is 10.1. The molecule has 110 valence electrons. The average molecular weight is 316 g/mol. The molecule has 1 aromatic carbocycles. The Bertz CT molecular complexity index is 631. The summed E-state index contributed by atoms with van der Waals surface area (Å²) >= 11 is 4.75. The summed E-state index contributed by atoms with van der Waals surface area (Å²) in [4.78, 5) is -0.451. The first-order valence-corrected chi connectivity index (χ1v) is 8.31. The normalized spacial score (nSPS) is 22.9. The van der Waals surface area contributed by atoms with Crippen LogP contribution < -0.4 is 10.5 Å². The molecule has 1 aromatic rings. The highest BCUT2D eigenvalue weighted by molar-refractivity contribution is 7.89. The van der Waals surface area contributed by atoms with Gasteiger partial charge in [0.15, 0.2) is 0 Å². The second-order valence-corrected chi connectivity index (χ2v) is 7.34. The molecular formula is C13H17FN2O2S2. The summed E-state index contributed by atoms with van der Waals surface area (Å²) in [6.45, 7) is 2.08. The van der Waals surface area contributed by atoms with Crippen molar-refractivity contribution in [2.75, 3.05) is 0 Å². The van der Waals surface area contributed by atoms with E-state index in [2.05, 4.69) is 11.6 Å². The molecule has 1 saturated carbocycles. The van der Waals surface area contributed by atoms with Crippen LogP contribution in [0.15, 0.2) is 23.1 Å². The lowest BCUT2D eigenvalue weighted by Crippen LogP contribution is -2.34. The van der Waals surface area contributed by atoms with Gasteiger partial charge < -0.3 is 5.73 Å². The second kappa shape index (κ2) is 5.75. The maximum Gasteiger partial charge on any atom is 0.241 e. The van der Waals surface area contributed by atoms with Gasteiger partial charge in [-0.15, -0.1) is 0 Å². The molecule has 1 aliphatic carbocycles. The number of thiocarbonyl (C=S) groups is 1. The number of hydrogen-bond donors (Lipinski definition) is 2. The molecule has 7 heteroatoms. The summed E-state index contributed by atoms with van der Waals surface area (Å²) < 4.78 is 41.1. The summed E-state index contributed by atoms with van der Waals surface area (Å²) in [6.07, 6.45) is 2.56. The van der Waals surface area contributed by atoms with E-state index in [0.717, 1.165) is 25.3 Å². The first-order valence-electron chi connectivity index (χ1n) is 6.42. The van der Waals surface area contributed by atoms with Crippen LogP contribution in [0.5, 0.6) is 0 Å². The maximum absolute atomic E-state index is 13.7. The fourth-order valence-electron chi connectivity index (χ4n) is 2.56. The molecule has 4 nitrogen and oxygen atoms in total. The lowest BCUT2D eigenvalue weighted by molar-refractivity contribution is 0.537. The molecule has 3 N–H and O–H groups in total. The number of nitrogens with one attached hydrogen (secondary N) is 1. The quantitative estimate of drug-likeness (QED) is 0.833. The second-order valence-electron chi connectivity index (χ2n) is 5.21. The van der Waals surface area contributed by atoms with E-state index in [9.17, 15) is 12.8 Å². The van der Waals surface area contributed by atoms with E-state index in [-0.39, 0.29) is 21.5 Å². The van der Waals surface area contributed by atoms with Crippen LogP contribution in [0.1, 0.15) is 31.7 Å². The highest BCUT2D eigenvalue weighted by Crippen LogP contribution is 2.27. The molecule has 0 spiro atoms. The fraction of sp³-hybridized carbons (Fsp3) is 0.462. The Labute approximate surface area is 123 Å². The SMILES string of the molecule is CC1CCC(NS(=O)(=O)c2cccc(F)c2C(N)=S)C1. The van der Waals surface area contributed by atoms with Gasteiger partial charge in [0.05, 0.1) is 10.5 Å². The van der Waals surface area contributed by atoms with Crippen LogP contribution in [0.4, 0.5) is 4.39 Å². The van der Waals surface area contributed by atoms with Gasteiger partial charge in [0, 0.05) is 6.04 Å². The summed E-state index contributed by atoms with van der Waals surface area (Å²) in [5.74, 6) is -0.231. The van der Waals surface area contributed by atoms with Gasteiger partial charge in [-0.2, -0.15) is 0 Å². The van der Waals surface area contributed by atoms with Crippen molar-refractivity contribution >= 4 is 27.2 Å². The molecule has 0 heterocycles. The van der Waals surface area contributed by atoms with Crippen LogP contribution in [0.25, 0.3) is 0 Å². The Kier molecular flexibility index (Phi) is 4.41. The van der Waals surface area contributed by atoms with Crippen molar-refractivity contribution in [1.29, 1.82) is 0 Å². The summed E-state index contributed by atoms with van der Waals surface area (Å²) in [7, 11) is -3.82. The molecule has 0 radical (unpaired) electrons. The van der Waals surface area contributed by atoms with Gasteiger partial charge in [0.2, 0.25) is 10.0 Å². The zero-order valence-electron chi connectivity index (χ0n) is 11.1. The Morgan fingerprint density at radius 3 is 2.70 bits per heavy atom. The summed E-state index contributed by atoms with van der Waals surface area (Å²) in [6, 6.07) is 3.68. The highest BCUT2D eigenvalue weighted by Gasteiger charge is 2.29. The van der Waals surface area contributed by atoms with Gasteiger partial charge in [-0.1, -0.05) is 25.2 Å². The van der Waals surface area contributed by atoms with E-state index in [1.807, 2.05) is 0 Å². The number of benzene rings is 1. The smallest absolute Gasteiger partial charge is 0.241 e. The van der Waals surface area contributed by atoms with Crippen molar-refractivity contribution < 1.29 is 12.8 Å². The van der Waals surface area contributed by atoms with E-state index in [1.54, 1.807) is 0 Å². The Morgan fingerprint density at radius 1 is 1.45 bits per heavy atom. The lowest BCUT2D eigenvalue weighted by Gasteiger charge is -2.15. The van der Waals surface area contributed by atoms with Gasteiger partial charge in [-0.3, -0.25) is 0 Å². The third-order valence-electron chi connectivity index (χ3n) is 3.53. The Morgan fingerprint density at radius 2 is 2.15 bits per heavy atom. The van der Waals surface area contributed by atoms with Crippen molar-refractivity contribution in [3.63, 3.8) is 0 Å². The molecule has 2 unspecified atom stereocenters.